The molecule has 0 atom stereocenters. The molecule has 0 fully saturated rings. The summed E-state index contributed by atoms with van der Waals surface area (Å²) in [4.78, 5) is 0.588. The molecule has 0 aliphatic carbocycles. The average Bonchev–Trinajstić information content (AvgIpc) is 2.06. The van der Waals surface area contributed by atoms with E-state index < -0.39 is 0 Å². The van der Waals surface area contributed by atoms with Gasteiger partial charge in [0.15, 0.2) is 5.82 Å². The van der Waals surface area contributed by atoms with Gasteiger partial charge in [0.05, 0.1) is 9.92 Å². The lowest BCUT2D eigenvalue weighted by Gasteiger charge is -2.04. The van der Waals surface area contributed by atoms with Gasteiger partial charge >= 0.3 is 0 Å². The van der Waals surface area contributed by atoms with Crippen molar-refractivity contribution in [3.63, 3.8) is 0 Å². The highest BCUT2D eigenvalue weighted by atomic mass is 79.9. The molecule has 1 rings (SSSR count). The summed E-state index contributed by atoms with van der Waals surface area (Å²) < 4.78 is 14.0. The first-order valence-electron chi connectivity index (χ1n) is 3.43. The second kappa shape index (κ2) is 4.49. The normalized spacial score (nSPS) is 10.3. The average molecular weight is 270 g/mol. The Hall–Kier alpha value is 0.270. The Balaban J connectivity index is 3.14. The van der Waals surface area contributed by atoms with Crippen molar-refractivity contribution in [3.8, 4) is 0 Å². The first-order valence-corrected chi connectivity index (χ1v) is 5.58. The molecule has 0 N–H and O–H groups in total. The fraction of sp³-hybridized carbons (Fsp3) is 0.250. The summed E-state index contributed by atoms with van der Waals surface area (Å²) >= 11 is 10.3. The molecule has 12 heavy (non-hydrogen) atoms. The highest BCUT2D eigenvalue weighted by Gasteiger charge is 2.09. The fourth-order valence-corrected chi connectivity index (χ4v) is 2.38. The Morgan fingerprint density at radius 1 is 1.58 bits per heavy atom. The Morgan fingerprint density at radius 2 is 2.25 bits per heavy atom. The van der Waals surface area contributed by atoms with Crippen LogP contribution in [0.2, 0.25) is 5.02 Å². The van der Waals surface area contributed by atoms with E-state index in [0.29, 0.717) is 4.90 Å². The Bertz CT molecular complexity index is 291. The Morgan fingerprint density at radius 3 is 2.83 bits per heavy atom. The van der Waals surface area contributed by atoms with Crippen molar-refractivity contribution < 1.29 is 4.39 Å². The number of halogens is 3. The summed E-state index contributed by atoms with van der Waals surface area (Å²) in [7, 11) is 0. The van der Waals surface area contributed by atoms with Crippen molar-refractivity contribution in [2.75, 3.05) is 5.75 Å². The van der Waals surface area contributed by atoms with Crippen LogP contribution >= 0.6 is 39.3 Å². The van der Waals surface area contributed by atoms with Crippen molar-refractivity contribution >= 4 is 39.3 Å². The van der Waals surface area contributed by atoms with E-state index in [1.54, 1.807) is 12.1 Å². The number of thioether (sulfide) groups is 1. The molecule has 4 heteroatoms. The molecule has 0 amide bonds. The third-order valence-electron chi connectivity index (χ3n) is 1.29. The highest BCUT2D eigenvalue weighted by molar-refractivity contribution is 9.10. The second-order valence-electron chi connectivity index (χ2n) is 2.11. The zero-order chi connectivity index (χ0) is 9.14. The lowest BCUT2D eigenvalue weighted by molar-refractivity contribution is 0.600. The summed E-state index contributed by atoms with van der Waals surface area (Å²) in [6.45, 7) is 1.97. The molecule has 0 heterocycles. The quantitative estimate of drug-likeness (QED) is 0.568. The molecule has 66 valence electrons. The number of hydrogen-bond donors (Lipinski definition) is 0. The molecule has 1 aromatic rings. The molecule has 0 saturated heterocycles. The van der Waals surface area contributed by atoms with Crippen LogP contribution in [-0.2, 0) is 0 Å². The van der Waals surface area contributed by atoms with Gasteiger partial charge in [0.1, 0.15) is 0 Å². The van der Waals surface area contributed by atoms with Crippen LogP contribution in [0.25, 0.3) is 0 Å². The van der Waals surface area contributed by atoms with Gasteiger partial charge in [-0.3, -0.25) is 0 Å². The number of rotatable bonds is 2. The topological polar surface area (TPSA) is 0 Å². The van der Waals surface area contributed by atoms with Gasteiger partial charge < -0.3 is 0 Å². The van der Waals surface area contributed by atoms with E-state index in [0.717, 1.165) is 10.2 Å². The van der Waals surface area contributed by atoms with Gasteiger partial charge in [0.25, 0.3) is 0 Å². The van der Waals surface area contributed by atoms with Crippen LogP contribution in [0.3, 0.4) is 0 Å². The zero-order valence-corrected chi connectivity index (χ0v) is 9.56. The smallest absolute Gasteiger partial charge is 0.156 e. The first kappa shape index (κ1) is 10.4. The summed E-state index contributed by atoms with van der Waals surface area (Å²) in [5, 5.41) is 0.175. The van der Waals surface area contributed by atoms with E-state index in [-0.39, 0.29) is 10.8 Å². The molecule has 0 radical (unpaired) electrons. The zero-order valence-electron chi connectivity index (χ0n) is 6.40. The van der Waals surface area contributed by atoms with E-state index in [2.05, 4.69) is 15.9 Å². The third-order valence-corrected chi connectivity index (χ3v) is 3.48. The van der Waals surface area contributed by atoms with Crippen LogP contribution in [0.4, 0.5) is 4.39 Å². The van der Waals surface area contributed by atoms with Crippen molar-refractivity contribution in [1.29, 1.82) is 0 Å². The predicted octanol–water partition coefficient (Wildman–Crippen LogP) is 4.35. The van der Waals surface area contributed by atoms with Gasteiger partial charge in [-0.05, 0) is 33.8 Å². The summed E-state index contributed by atoms with van der Waals surface area (Å²) in [6, 6.07) is 3.30. The Kier molecular flexibility index (Phi) is 3.87. The van der Waals surface area contributed by atoms with Crippen LogP contribution in [0, 0.1) is 5.82 Å². The minimum atomic E-state index is -0.335. The van der Waals surface area contributed by atoms with E-state index in [1.807, 2.05) is 6.92 Å². The summed E-state index contributed by atoms with van der Waals surface area (Å²) in [6.07, 6.45) is 0. The predicted molar refractivity (Wildman–Crippen MR) is 55.5 cm³/mol. The molecule has 1 aromatic carbocycles. The van der Waals surface area contributed by atoms with Crippen molar-refractivity contribution in [2.24, 2.45) is 0 Å². The molecule has 0 unspecified atom stereocenters. The largest absolute Gasteiger partial charge is 0.204 e. The number of benzene rings is 1. The van der Waals surface area contributed by atoms with Crippen molar-refractivity contribution in [1.82, 2.24) is 0 Å². The monoisotopic (exact) mass is 268 g/mol. The molecule has 0 aromatic heterocycles. The minimum Gasteiger partial charge on any atom is -0.204 e. The fourth-order valence-electron chi connectivity index (χ4n) is 0.785. The van der Waals surface area contributed by atoms with Crippen LogP contribution in [0.1, 0.15) is 6.92 Å². The van der Waals surface area contributed by atoms with Crippen LogP contribution < -0.4 is 0 Å². The lowest BCUT2D eigenvalue weighted by Crippen LogP contribution is -1.84. The summed E-state index contributed by atoms with van der Waals surface area (Å²) in [5.74, 6) is 0.494. The molecular formula is C8H7BrClFS. The van der Waals surface area contributed by atoms with E-state index >= 15 is 0 Å². The van der Waals surface area contributed by atoms with Gasteiger partial charge in [-0.1, -0.05) is 18.5 Å². The second-order valence-corrected chi connectivity index (χ2v) is 4.64. The molecule has 0 bridgehead atoms. The van der Waals surface area contributed by atoms with Crippen LogP contribution in [-0.4, -0.2) is 5.75 Å². The van der Waals surface area contributed by atoms with Gasteiger partial charge in [-0.25, -0.2) is 4.39 Å². The SMILES string of the molecule is CCSc1c(Br)ccc(Cl)c1F. The van der Waals surface area contributed by atoms with Crippen LogP contribution in [0.15, 0.2) is 21.5 Å². The van der Waals surface area contributed by atoms with Gasteiger partial charge in [0, 0.05) is 4.47 Å². The van der Waals surface area contributed by atoms with E-state index in [4.69, 9.17) is 11.6 Å². The maximum Gasteiger partial charge on any atom is 0.156 e. The molecule has 0 aliphatic rings. The van der Waals surface area contributed by atoms with E-state index in [1.165, 1.54) is 11.8 Å². The van der Waals surface area contributed by atoms with Gasteiger partial charge in [-0.15, -0.1) is 11.8 Å². The van der Waals surface area contributed by atoms with Crippen molar-refractivity contribution in [3.05, 3.63) is 27.4 Å². The van der Waals surface area contributed by atoms with Gasteiger partial charge in [-0.2, -0.15) is 0 Å². The third kappa shape index (κ3) is 2.15. The summed E-state index contributed by atoms with van der Waals surface area (Å²) in [5.41, 5.74) is 0. The van der Waals surface area contributed by atoms with E-state index in [9.17, 15) is 4.39 Å². The standard InChI is InChI=1S/C8H7BrClFS/c1-2-12-8-5(9)3-4-6(10)7(8)11/h3-4H,2H2,1H3. The minimum absolute atomic E-state index is 0.175. The number of hydrogen-bond acceptors (Lipinski definition) is 1. The molecule has 0 nitrogen and oxygen atoms in total. The lowest BCUT2D eigenvalue weighted by atomic mass is 10.3. The maximum atomic E-state index is 13.3. The van der Waals surface area contributed by atoms with Crippen molar-refractivity contribution in [2.45, 2.75) is 11.8 Å². The highest BCUT2D eigenvalue weighted by Crippen LogP contribution is 2.33. The maximum absolute atomic E-state index is 13.3. The molecule has 0 aliphatic heterocycles. The molecular weight excluding hydrogens is 263 g/mol. The van der Waals surface area contributed by atoms with Gasteiger partial charge in [0.2, 0.25) is 0 Å². The molecule has 0 saturated carbocycles. The first-order chi connectivity index (χ1) is 5.66. The Labute approximate surface area is 88.6 Å². The van der Waals surface area contributed by atoms with Crippen LogP contribution in [0.5, 0.6) is 0 Å². The molecule has 0 spiro atoms.